The van der Waals surface area contributed by atoms with Crippen molar-refractivity contribution >= 4 is 54.2 Å². The fraction of sp³-hybridized carbons (Fsp3) is 0.333. The molecule has 1 fully saturated rings. The summed E-state index contributed by atoms with van der Waals surface area (Å²) in [7, 11) is 0. The van der Waals surface area contributed by atoms with E-state index in [1.165, 1.54) is 23.7 Å². The Morgan fingerprint density at radius 3 is 2.62 bits per heavy atom. The Labute approximate surface area is 205 Å². The number of hydrogen-bond acceptors (Lipinski definition) is 4. The number of piperidine rings is 1. The van der Waals surface area contributed by atoms with Crippen molar-refractivity contribution < 1.29 is 4.79 Å². The molecule has 5 rings (SSSR count). The molecular weight excluding hydrogens is 463 g/mol. The lowest BCUT2D eigenvalue weighted by Gasteiger charge is -2.32. The minimum atomic E-state index is 0. The fourth-order valence-electron chi connectivity index (χ4n) is 4.31. The number of hydrogen-bond donors (Lipinski definition) is 1. The highest BCUT2D eigenvalue weighted by molar-refractivity contribution is 8.04. The summed E-state index contributed by atoms with van der Waals surface area (Å²) in [5.74, 6) is 0.0342. The van der Waals surface area contributed by atoms with Gasteiger partial charge in [0.25, 0.3) is 5.91 Å². The molecule has 2 aliphatic rings. The summed E-state index contributed by atoms with van der Waals surface area (Å²) >= 11 is 1.52. The van der Waals surface area contributed by atoms with E-state index >= 15 is 0 Å². The normalized spacial score (nSPS) is 16.1. The molecule has 5 nitrogen and oxygen atoms in total. The monoisotopic (exact) mass is 490 g/mol. The Morgan fingerprint density at radius 1 is 1.06 bits per heavy atom. The van der Waals surface area contributed by atoms with Crippen LogP contribution in [0.5, 0.6) is 0 Å². The van der Waals surface area contributed by atoms with Gasteiger partial charge in [0.05, 0.1) is 21.8 Å². The molecule has 1 aromatic carbocycles. The zero-order valence-electron chi connectivity index (χ0n) is 17.8. The van der Waals surface area contributed by atoms with Crippen LogP contribution in [0.4, 0.5) is 0 Å². The second-order valence-corrected chi connectivity index (χ2v) is 9.09. The van der Waals surface area contributed by atoms with Gasteiger partial charge < -0.3 is 10.2 Å². The largest absolute Gasteiger partial charge is 0.349 e. The molecule has 3 aromatic rings. The number of halogens is 2. The minimum absolute atomic E-state index is 0. The summed E-state index contributed by atoms with van der Waals surface area (Å²) in [5, 5.41) is 4.30. The maximum Gasteiger partial charge on any atom is 0.258 e. The van der Waals surface area contributed by atoms with Gasteiger partial charge in [0.15, 0.2) is 0 Å². The molecule has 1 saturated heterocycles. The first-order valence-corrected chi connectivity index (χ1v) is 11.5. The minimum Gasteiger partial charge on any atom is -0.349 e. The van der Waals surface area contributed by atoms with Gasteiger partial charge in [-0.1, -0.05) is 48.2 Å². The van der Waals surface area contributed by atoms with Crippen LogP contribution in [0, 0.1) is 0 Å². The molecule has 2 aliphatic heterocycles. The van der Waals surface area contributed by atoms with E-state index in [1.807, 2.05) is 30.5 Å². The molecule has 0 aliphatic carbocycles. The number of carbonyl (C=O) groups is 1. The van der Waals surface area contributed by atoms with Crippen LogP contribution < -0.4 is 5.32 Å². The van der Waals surface area contributed by atoms with Crippen molar-refractivity contribution in [3.63, 3.8) is 0 Å². The SMILES string of the molecule is Cl.Cl.O=C(NC1CCN(CCCc2ccccc2)CC1)C1=Cc2cnc3cccc(n23)S1. The maximum atomic E-state index is 12.9. The van der Waals surface area contributed by atoms with Crippen molar-refractivity contribution in [2.24, 2.45) is 0 Å². The molecule has 0 bridgehead atoms. The summed E-state index contributed by atoms with van der Waals surface area (Å²) in [6, 6.07) is 17.0. The second kappa shape index (κ2) is 11.2. The molecule has 4 heterocycles. The van der Waals surface area contributed by atoms with Crippen molar-refractivity contribution in [3.05, 3.63) is 70.9 Å². The van der Waals surface area contributed by atoms with E-state index in [2.05, 4.69) is 49.9 Å². The van der Waals surface area contributed by atoms with E-state index in [-0.39, 0.29) is 36.8 Å². The average Bonchev–Trinajstić information content (AvgIpc) is 3.20. The number of carbonyl (C=O) groups excluding carboxylic acids is 1. The number of nitrogens with zero attached hydrogens (tertiary/aromatic N) is 3. The van der Waals surface area contributed by atoms with Gasteiger partial charge >= 0.3 is 0 Å². The van der Waals surface area contributed by atoms with Crippen LogP contribution in [0.3, 0.4) is 0 Å². The number of rotatable bonds is 6. The molecule has 32 heavy (non-hydrogen) atoms. The number of aryl methyl sites for hydroxylation is 1. The number of pyridine rings is 1. The zero-order chi connectivity index (χ0) is 20.3. The van der Waals surface area contributed by atoms with Gasteiger partial charge in [0, 0.05) is 19.1 Å². The van der Waals surface area contributed by atoms with Gasteiger partial charge in [-0.2, -0.15) is 0 Å². The van der Waals surface area contributed by atoms with Gasteiger partial charge in [-0.05, 0) is 56.0 Å². The van der Waals surface area contributed by atoms with Gasteiger partial charge in [-0.25, -0.2) is 4.98 Å². The average molecular weight is 491 g/mol. The molecule has 0 unspecified atom stereocenters. The summed E-state index contributed by atoms with van der Waals surface area (Å²) in [5.41, 5.74) is 3.30. The Bertz CT molecular complexity index is 1080. The van der Waals surface area contributed by atoms with E-state index in [0.29, 0.717) is 0 Å². The van der Waals surface area contributed by atoms with Crippen molar-refractivity contribution in [3.8, 4) is 0 Å². The van der Waals surface area contributed by atoms with E-state index in [9.17, 15) is 4.79 Å². The van der Waals surface area contributed by atoms with Crippen LogP contribution in [-0.2, 0) is 11.2 Å². The Morgan fingerprint density at radius 2 is 1.84 bits per heavy atom. The predicted octanol–water partition coefficient (Wildman–Crippen LogP) is 4.84. The summed E-state index contributed by atoms with van der Waals surface area (Å²) < 4.78 is 2.09. The smallest absolute Gasteiger partial charge is 0.258 e. The highest BCUT2D eigenvalue weighted by Crippen LogP contribution is 2.34. The van der Waals surface area contributed by atoms with Gasteiger partial charge in [-0.15, -0.1) is 24.8 Å². The van der Waals surface area contributed by atoms with Crippen molar-refractivity contribution in [2.75, 3.05) is 19.6 Å². The first kappa shape index (κ1) is 24.6. The van der Waals surface area contributed by atoms with Crippen molar-refractivity contribution in [1.82, 2.24) is 19.6 Å². The van der Waals surface area contributed by atoms with E-state index in [0.717, 1.165) is 60.2 Å². The number of imidazole rings is 1. The number of aromatic nitrogens is 2. The topological polar surface area (TPSA) is 49.6 Å². The van der Waals surface area contributed by atoms with Crippen LogP contribution in [0.2, 0.25) is 0 Å². The second-order valence-electron chi connectivity index (χ2n) is 8.03. The molecule has 1 amide bonds. The first-order valence-electron chi connectivity index (χ1n) is 10.7. The molecular formula is C24H28Cl2N4OS. The van der Waals surface area contributed by atoms with Crippen LogP contribution in [-0.4, -0.2) is 45.9 Å². The highest BCUT2D eigenvalue weighted by atomic mass is 35.5. The van der Waals surface area contributed by atoms with Crippen LogP contribution >= 0.6 is 36.6 Å². The Balaban J connectivity index is 0.00000144. The molecule has 170 valence electrons. The summed E-state index contributed by atoms with van der Waals surface area (Å²) in [6.07, 6.45) is 8.13. The lowest BCUT2D eigenvalue weighted by atomic mass is 10.0. The lowest BCUT2D eigenvalue weighted by molar-refractivity contribution is -0.117. The molecule has 0 atom stereocenters. The standard InChI is InChI=1S/C24H26N4OS.2ClH/c29-24(21-16-20-17-25-22-9-4-10-23(30-21)28(20)22)26-19-11-14-27(15-12-19)13-5-8-18-6-2-1-3-7-18;;/h1-4,6-7,9-10,16-17,19H,5,8,11-15H2,(H,26,29);2*1H. The van der Waals surface area contributed by atoms with Crippen molar-refractivity contribution in [1.29, 1.82) is 0 Å². The van der Waals surface area contributed by atoms with Gasteiger partial charge in [0.1, 0.15) is 5.65 Å². The van der Waals surface area contributed by atoms with Crippen LogP contribution in [0.15, 0.2) is 64.7 Å². The Hall–Kier alpha value is -1.99. The summed E-state index contributed by atoms with van der Waals surface area (Å²) in [6.45, 7) is 3.24. The number of likely N-dealkylation sites (tertiary alicyclic amines) is 1. The van der Waals surface area contributed by atoms with Crippen LogP contribution in [0.1, 0.15) is 30.5 Å². The lowest BCUT2D eigenvalue weighted by Crippen LogP contribution is -2.45. The predicted molar refractivity (Wildman–Crippen MR) is 136 cm³/mol. The number of nitrogens with one attached hydrogen (secondary N) is 1. The third-order valence-electron chi connectivity index (χ3n) is 5.94. The number of amides is 1. The van der Waals surface area contributed by atoms with E-state index in [1.54, 1.807) is 0 Å². The Kier molecular flexibility index (Phi) is 8.65. The van der Waals surface area contributed by atoms with Crippen molar-refractivity contribution in [2.45, 2.75) is 36.8 Å². The van der Waals surface area contributed by atoms with Gasteiger partial charge in [0.2, 0.25) is 0 Å². The molecule has 1 N–H and O–H groups in total. The fourth-order valence-corrected chi connectivity index (χ4v) is 5.30. The third-order valence-corrected chi connectivity index (χ3v) is 6.99. The first-order chi connectivity index (χ1) is 14.8. The molecule has 8 heteroatoms. The van der Waals surface area contributed by atoms with E-state index < -0.39 is 0 Å². The highest BCUT2D eigenvalue weighted by Gasteiger charge is 2.24. The quantitative estimate of drug-likeness (QED) is 0.536. The van der Waals surface area contributed by atoms with Gasteiger partial charge in [-0.3, -0.25) is 9.20 Å². The van der Waals surface area contributed by atoms with Crippen LogP contribution in [0.25, 0.3) is 11.7 Å². The molecule has 0 spiro atoms. The zero-order valence-corrected chi connectivity index (χ0v) is 20.2. The molecule has 0 saturated carbocycles. The third kappa shape index (κ3) is 5.49. The number of benzene rings is 1. The molecule has 2 aromatic heterocycles. The van der Waals surface area contributed by atoms with E-state index in [4.69, 9.17) is 0 Å². The number of thioether (sulfide) groups is 1. The molecule has 0 radical (unpaired) electrons. The maximum absolute atomic E-state index is 12.9. The summed E-state index contributed by atoms with van der Waals surface area (Å²) in [4.78, 5) is 20.6.